The molecule has 1 aromatic carbocycles. The fourth-order valence-corrected chi connectivity index (χ4v) is 2.78. The third-order valence-electron chi connectivity index (χ3n) is 4.35. The van der Waals surface area contributed by atoms with Gasteiger partial charge >= 0.3 is 6.09 Å². The molecule has 0 radical (unpaired) electrons. The predicted molar refractivity (Wildman–Crippen MR) is 113 cm³/mol. The second-order valence-electron chi connectivity index (χ2n) is 8.05. The van der Waals surface area contributed by atoms with Gasteiger partial charge in [-0.3, -0.25) is 4.79 Å². The van der Waals surface area contributed by atoms with Crippen LogP contribution in [-0.2, 0) is 22.4 Å². The number of nitrogens with two attached hydrogens (primary N) is 1. The highest BCUT2D eigenvalue weighted by Gasteiger charge is 2.23. The summed E-state index contributed by atoms with van der Waals surface area (Å²) in [4.78, 5) is 24.7. The minimum atomic E-state index is -0.602. The number of carbonyl (C=O) groups is 2. The Morgan fingerprint density at radius 1 is 1.07 bits per heavy atom. The number of amides is 2. The summed E-state index contributed by atoms with van der Waals surface area (Å²) < 4.78 is 5.29. The van der Waals surface area contributed by atoms with Crippen molar-refractivity contribution in [2.24, 2.45) is 5.73 Å². The lowest BCUT2D eigenvalue weighted by Gasteiger charge is -2.23. The van der Waals surface area contributed by atoms with Crippen LogP contribution >= 0.6 is 0 Å². The lowest BCUT2D eigenvalue weighted by Crippen LogP contribution is -2.48. The van der Waals surface area contributed by atoms with Gasteiger partial charge in [0.05, 0.1) is 0 Å². The summed E-state index contributed by atoms with van der Waals surface area (Å²) in [7, 11) is 0. The average Bonchev–Trinajstić information content (AvgIpc) is 2.63. The zero-order valence-electron chi connectivity index (χ0n) is 17.8. The molecule has 6 nitrogen and oxygen atoms in total. The molecule has 0 saturated carbocycles. The van der Waals surface area contributed by atoms with Crippen LogP contribution in [0.3, 0.4) is 0 Å². The number of carbonyl (C=O) groups excluding carboxylic acids is 2. The number of hydrogen-bond acceptors (Lipinski definition) is 4. The van der Waals surface area contributed by atoms with Gasteiger partial charge in [-0.05, 0) is 64.1 Å². The van der Waals surface area contributed by atoms with Crippen LogP contribution in [0, 0.1) is 0 Å². The standard InChI is InChI=1S/C22H37N3O3/c1-5-17-10-12-18(13-11-17)14-16-24-20(26)19(9-7-6-8-15-23)25-21(27)28-22(2,3)4/h10-13,19H,5-9,14-16,23H2,1-4H3,(H,24,26)(H,25,27)/t19-/m0/s1. The van der Waals surface area contributed by atoms with E-state index in [4.69, 9.17) is 10.5 Å². The van der Waals surface area contributed by atoms with Crippen molar-refractivity contribution < 1.29 is 14.3 Å². The number of ether oxygens (including phenoxy) is 1. The number of rotatable bonds is 11. The van der Waals surface area contributed by atoms with Crippen molar-refractivity contribution in [1.29, 1.82) is 0 Å². The number of aryl methyl sites for hydroxylation is 1. The fourth-order valence-electron chi connectivity index (χ4n) is 2.78. The molecule has 0 aliphatic carbocycles. The van der Waals surface area contributed by atoms with E-state index < -0.39 is 17.7 Å². The maximum Gasteiger partial charge on any atom is 0.408 e. The molecule has 0 aliphatic heterocycles. The quantitative estimate of drug-likeness (QED) is 0.505. The highest BCUT2D eigenvalue weighted by atomic mass is 16.6. The zero-order chi connectivity index (χ0) is 21.0. The minimum absolute atomic E-state index is 0.177. The molecule has 0 unspecified atom stereocenters. The van der Waals surface area contributed by atoms with E-state index in [1.54, 1.807) is 20.8 Å². The summed E-state index contributed by atoms with van der Waals surface area (Å²) in [5, 5.41) is 5.64. The van der Waals surface area contributed by atoms with E-state index in [-0.39, 0.29) is 5.91 Å². The molecule has 0 aromatic heterocycles. The molecule has 1 atom stereocenters. The van der Waals surface area contributed by atoms with Crippen molar-refractivity contribution in [3.63, 3.8) is 0 Å². The van der Waals surface area contributed by atoms with Crippen molar-refractivity contribution in [3.05, 3.63) is 35.4 Å². The lowest BCUT2D eigenvalue weighted by atomic mass is 10.1. The molecule has 0 saturated heterocycles. The Morgan fingerprint density at radius 3 is 2.29 bits per heavy atom. The SMILES string of the molecule is CCc1ccc(CCNC(=O)[C@H](CCCCCN)NC(=O)OC(C)(C)C)cc1. The summed E-state index contributed by atoms with van der Waals surface area (Å²) in [5.74, 6) is -0.177. The number of nitrogens with one attached hydrogen (secondary N) is 2. The number of benzene rings is 1. The summed E-state index contributed by atoms with van der Waals surface area (Å²) in [6, 6.07) is 7.81. The van der Waals surface area contributed by atoms with E-state index in [0.717, 1.165) is 32.1 Å². The zero-order valence-corrected chi connectivity index (χ0v) is 17.8. The molecule has 0 heterocycles. The Kier molecular flexibility index (Phi) is 10.6. The average molecular weight is 392 g/mol. The summed E-state index contributed by atoms with van der Waals surface area (Å²) in [6.07, 6.45) is 4.43. The minimum Gasteiger partial charge on any atom is -0.444 e. The van der Waals surface area contributed by atoms with Gasteiger partial charge in [-0.1, -0.05) is 44.0 Å². The van der Waals surface area contributed by atoms with Crippen molar-refractivity contribution in [1.82, 2.24) is 10.6 Å². The predicted octanol–water partition coefficient (Wildman–Crippen LogP) is 3.32. The smallest absolute Gasteiger partial charge is 0.408 e. The number of unbranched alkanes of at least 4 members (excludes halogenated alkanes) is 2. The largest absolute Gasteiger partial charge is 0.444 e. The highest BCUT2D eigenvalue weighted by molar-refractivity contribution is 5.85. The maximum absolute atomic E-state index is 12.6. The van der Waals surface area contributed by atoms with Gasteiger partial charge in [0.25, 0.3) is 0 Å². The van der Waals surface area contributed by atoms with Crippen LogP contribution in [-0.4, -0.2) is 36.7 Å². The third kappa shape index (κ3) is 10.3. The van der Waals surface area contributed by atoms with Gasteiger partial charge in [0, 0.05) is 6.54 Å². The molecule has 0 bridgehead atoms. The van der Waals surface area contributed by atoms with Crippen LogP contribution in [0.1, 0.15) is 64.5 Å². The number of hydrogen-bond donors (Lipinski definition) is 3. The topological polar surface area (TPSA) is 93.5 Å². The lowest BCUT2D eigenvalue weighted by molar-refractivity contribution is -0.123. The van der Waals surface area contributed by atoms with Crippen molar-refractivity contribution in [2.45, 2.75) is 77.9 Å². The fraction of sp³-hybridized carbons (Fsp3) is 0.636. The van der Waals surface area contributed by atoms with Crippen molar-refractivity contribution >= 4 is 12.0 Å². The Hall–Kier alpha value is -2.08. The van der Waals surface area contributed by atoms with Crippen LogP contribution in [0.15, 0.2) is 24.3 Å². The van der Waals surface area contributed by atoms with Crippen molar-refractivity contribution in [2.75, 3.05) is 13.1 Å². The first-order valence-electron chi connectivity index (χ1n) is 10.3. The molecule has 1 aromatic rings. The summed E-state index contributed by atoms with van der Waals surface area (Å²) in [6.45, 7) is 8.68. The number of alkyl carbamates (subject to hydrolysis) is 1. The van der Waals surface area contributed by atoms with E-state index in [0.29, 0.717) is 19.5 Å². The molecule has 6 heteroatoms. The first-order chi connectivity index (χ1) is 13.2. The Balaban J connectivity index is 2.54. The van der Waals surface area contributed by atoms with Crippen LogP contribution in [0.2, 0.25) is 0 Å². The van der Waals surface area contributed by atoms with Gasteiger partial charge in [0.1, 0.15) is 11.6 Å². The molecule has 28 heavy (non-hydrogen) atoms. The molecule has 0 spiro atoms. The molecule has 0 aliphatic rings. The second-order valence-corrected chi connectivity index (χ2v) is 8.05. The first-order valence-corrected chi connectivity index (χ1v) is 10.3. The maximum atomic E-state index is 12.6. The Morgan fingerprint density at radius 2 is 1.71 bits per heavy atom. The van der Waals surface area contributed by atoms with E-state index in [1.165, 1.54) is 11.1 Å². The van der Waals surface area contributed by atoms with Gasteiger partial charge in [0.2, 0.25) is 5.91 Å². The molecular formula is C22H37N3O3. The molecule has 4 N–H and O–H groups in total. The second kappa shape index (κ2) is 12.4. The molecule has 1 rings (SSSR count). The van der Waals surface area contributed by atoms with Crippen LogP contribution in [0.25, 0.3) is 0 Å². The van der Waals surface area contributed by atoms with Crippen LogP contribution in [0.4, 0.5) is 4.79 Å². The first kappa shape index (κ1) is 24.0. The van der Waals surface area contributed by atoms with E-state index in [1.807, 2.05) is 0 Å². The monoisotopic (exact) mass is 391 g/mol. The summed E-state index contributed by atoms with van der Waals surface area (Å²) >= 11 is 0. The molecule has 0 fully saturated rings. The van der Waals surface area contributed by atoms with Gasteiger partial charge in [-0.2, -0.15) is 0 Å². The molecular weight excluding hydrogens is 354 g/mol. The van der Waals surface area contributed by atoms with E-state index >= 15 is 0 Å². The van der Waals surface area contributed by atoms with Gasteiger partial charge in [0.15, 0.2) is 0 Å². The Labute approximate surface area is 169 Å². The highest BCUT2D eigenvalue weighted by Crippen LogP contribution is 2.09. The van der Waals surface area contributed by atoms with Gasteiger partial charge in [-0.25, -0.2) is 4.79 Å². The van der Waals surface area contributed by atoms with Crippen molar-refractivity contribution in [3.8, 4) is 0 Å². The summed E-state index contributed by atoms with van der Waals surface area (Å²) in [5.41, 5.74) is 7.40. The molecule has 2 amide bonds. The van der Waals surface area contributed by atoms with Crippen LogP contribution in [0.5, 0.6) is 0 Å². The van der Waals surface area contributed by atoms with E-state index in [2.05, 4.69) is 41.8 Å². The van der Waals surface area contributed by atoms with Gasteiger partial charge in [-0.15, -0.1) is 0 Å². The van der Waals surface area contributed by atoms with Crippen LogP contribution < -0.4 is 16.4 Å². The van der Waals surface area contributed by atoms with E-state index in [9.17, 15) is 9.59 Å². The Bertz CT molecular complexity index is 594. The molecule has 158 valence electrons. The van der Waals surface area contributed by atoms with Gasteiger partial charge < -0.3 is 21.1 Å². The third-order valence-corrected chi connectivity index (χ3v) is 4.35. The normalized spacial score (nSPS) is 12.3.